The maximum absolute atomic E-state index is 10.1. The molecule has 5 nitrogen and oxygen atoms in total. The first-order valence-corrected chi connectivity index (χ1v) is 8.15. The normalized spacial score (nSPS) is 18.0. The van der Waals surface area contributed by atoms with E-state index >= 15 is 0 Å². The average molecular weight is 316 g/mol. The highest BCUT2D eigenvalue weighted by molar-refractivity contribution is 5.20. The lowest BCUT2D eigenvalue weighted by molar-refractivity contribution is 0.0580. The molecular weight excluding hydrogens is 292 g/mol. The summed E-state index contributed by atoms with van der Waals surface area (Å²) >= 11 is 0. The molecule has 1 saturated heterocycles. The van der Waals surface area contributed by atoms with Gasteiger partial charge in [-0.25, -0.2) is 0 Å². The standard InChI is InChI=1S/C18H24N2O3/c21-17(18-7-4-13-23-18)15-20-10-8-19(9-11-20)12-14-22-16-5-2-1-3-6-16/h1-7,13,17,21H,8-12,14-15H2. The van der Waals surface area contributed by atoms with Gasteiger partial charge in [0.2, 0.25) is 0 Å². The summed E-state index contributed by atoms with van der Waals surface area (Å²) in [6.45, 7) is 6.20. The van der Waals surface area contributed by atoms with Gasteiger partial charge in [-0.2, -0.15) is 0 Å². The summed E-state index contributed by atoms with van der Waals surface area (Å²) in [6, 6.07) is 13.5. The molecule has 124 valence electrons. The Morgan fingerprint density at radius 3 is 2.43 bits per heavy atom. The van der Waals surface area contributed by atoms with Crippen LogP contribution < -0.4 is 4.74 Å². The van der Waals surface area contributed by atoms with Crippen LogP contribution in [0.2, 0.25) is 0 Å². The van der Waals surface area contributed by atoms with Gasteiger partial charge in [0, 0.05) is 39.3 Å². The van der Waals surface area contributed by atoms with Gasteiger partial charge >= 0.3 is 0 Å². The fourth-order valence-electron chi connectivity index (χ4n) is 2.82. The molecule has 1 atom stereocenters. The van der Waals surface area contributed by atoms with E-state index in [1.165, 1.54) is 0 Å². The van der Waals surface area contributed by atoms with Crippen LogP contribution in [-0.4, -0.2) is 60.8 Å². The minimum absolute atomic E-state index is 0.544. The van der Waals surface area contributed by atoms with Crippen molar-refractivity contribution in [2.75, 3.05) is 45.9 Å². The molecule has 3 rings (SSSR count). The second kappa shape index (κ2) is 8.15. The summed E-state index contributed by atoms with van der Waals surface area (Å²) in [5.41, 5.74) is 0. The van der Waals surface area contributed by atoms with E-state index in [9.17, 15) is 5.11 Å². The first-order chi connectivity index (χ1) is 11.3. The molecule has 0 spiro atoms. The van der Waals surface area contributed by atoms with E-state index < -0.39 is 6.10 Å². The van der Waals surface area contributed by atoms with Crippen LogP contribution >= 0.6 is 0 Å². The summed E-state index contributed by atoms with van der Waals surface area (Å²) < 4.78 is 11.0. The minimum atomic E-state index is -0.544. The van der Waals surface area contributed by atoms with E-state index in [1.54, 1.807) is 6.26 Å². The molecule has 0 saturated carbocycles. The number of ether oxygens (including phenoxy) is 1. The Labute approximate surface area is 137 Å². The second-order valence-electron chi connectivity index (χ2n) is 5.83. The largest absolute Gasteiger partial charge is 0.492 e. The minimum Gasteiger partial charge on any atom is -0.492 e. The molecule has 2 heterocycles. The summed E-state index contributed by atoms with van der Waals surface area (Å²) in [5.74, 6) is 1.57. The van der Waals surface area contributed by atoms with Crippen molar-refractivity contribution in [3.63, 3.8) is 0 Å². The molecular formula is C18H24N2O3. The topological polar surface area (TPSA) is 49.1 Å². The number of β-amino-alcohol motifs (C(OH)–C–C–N with tert-alkyl or cyclic N) is 1. The highest BCUT2D eigenvalue weighted by Gasteiger charge is 2.20. The van der Waals surface area contributed by atoms with Crippen molar-refractivity contribution < 1.29 is 14.3 Å². The van der Waals surface area contributed by atoms with Gasteiger partial charge in [-0.1, -0.05) is 18.2 Å². The van der Waals surface area contributed by atoms with Gasteiger partial charge < -0.3 is 14.3 Å². The van der Waals surface area contributed by atoms with Crippen molar-refractivity contribution in [2.24, 2.45) is 0 Å². The SMILES string of the molecule is OC(CN1CCN(CCOc2ccccc2)CC1)c1ccco1. The van der Waals surface area contributed by atoms with Crippen molar-refractivity contribution in [3.05, 3.63) is 54.5 Å². The Morgan fingerprint density at radius 2 is 1.74 bits per heavy atom. The number of para-hydroxylation sites is 1. The first-order valence-electron chi connectivity index (χ1n) is 8.15. The molecule has 1 fully saturated rings. The van der Waals surface area contributed by atoms with Crippen LogP contribution in [0.5, 0.6) is 5.75 Å². The number of piperazine rings is 1. The average Bonchev–Trinajstić information content (AvgIpc) is 3.12. The molecule has 0 radical (unpaired) electrons. The fourth-order valence-corrected chi connectivity index (χ4v) is 2.82. The quantitative estimate of drug-likeness (QED) is 0.847. The van der Waals surface area contributed by atoms with Crippen molar-refractivity contribution in [2.45, 2.75) is 6.10 Å². The summed E-state index contributed by atoms with van der Waals surface area (Å²) in [5, 5.41) is 10.1. The van der Waals surface area contributed by atoms with E-state index in [-0.39, 0.29) is 0 Å². The van der Waals surface area contributed by atoms with Crippen molar-refractivity contribution >= 4 is 0 Å². The van der Waals surface area contributed by atoms with Gasteiger partial charge in [-0.3, -0.25) is 9.80 Å². The fraction of sp³-hybridized carbons (Fsp3) is 0.444. The predicted octanol–water partition coefficient (Wildman–Crippen LogP) is 2.01. The Kier molecular flexibility index (Phi) is 5.69. The van der Waals surface area contributed by atoms with Gasteiger partial charge in [0.15, 0.2) is 0 Å². The number of hydrogen-bond acceptors (Lipinski definition) is 5. The molecule has 23 heavy (non-hydrogen) atoms. The summed E-state index contributed by atoms with van der Waals surface area (Å²) in [6.07, 6.45) is 1.06. The number of aliphatic hydroxyl groups excluding tert-OH is 1. The van der Waals surface area contributed by atoms with Crippen LogP contribution in [-0.2, 0) is 0 Å². The first kappa shape index (κ1) is 16.1. The molecule has 0 amide bonds. The monoisotopic (exact) mass is 316 g/mol. The molecule has 2 aromatic rings. The highest BCUT2D eigenvalue weighted by Crippen LogP contribution is 2.15. The molecule has 5 heteroatoms. The highest BCUT2D eigenvalue weighted by atomic mass is 16.5. The number of nitrogens with zero attached hydrogens (tertiary/aromatic N) is 2. The molecule has 0 bridgehead atoms. The molecule has 1 unspecified atom stereocenters. The third-order valence-corrected chi connectivity index (χ3v) is 4.19. The van der Waals surface area contributed by atoms with Crippen molar-refractivity contribution in [3.8, 4) is 5.75 Å². The Morgan fingerprint density at radius 1 is 1.00 bits per heavy atom. The van der Waals surface area contributed by atoms with Gasteiger partial charge in [0.25, 0.3) is 0 Å². The van der Waals surface area contributed by atoms with Crippen molar-refractivity contribution in [1.29, 1.82) is 0 Å². The van der Waals surface area contributed by atoms with Gasteiger partial charge in [0.05, 0.1) is 6.26 Å². The third kappa shape index (κ3) is 4.82. The molecule has 1 N–H and O–H groups in total. The zero-order chi connectivity index (χ0) is 15.9. The number of hydrogen-bond donors (Lipinski definition) is 1. The zero-order valence-electron chi connectivity index (χ0n) is 13.3. The van der Waals surface area contributed by atoms with E-state index in [2.05, 4.69) is 9.80 Å². The molecule has 0 aliphatic carbocycles. The van der Waals surface area contributed by atoms with E-state index in [1.807, 2.05) is 42.5 Å². The van der Waals surface area contributed by atoms with Crippen LogP contribution in [0.25, 0.3) is 0 Å². The van der Waals surface area contributed by atoms with Crippen LogP contribution in [0.15, 0.2) is 53.1 Å². The number of furan rings is 1. The summed E-state index contributed by atoms with van der Waals surface area (Å²) in [7, 11) is 0. The zero-order valence-corrected chi connectivity index (χ0v) is 13.3. The lowest BCUT2D eigenvalue weighted by Crippen LogP contribution is -2.48. The molecule has 1 aromatic heterocycles. The lowest BCUT2D eigenvalue weighted by atomic mass is 10.2. The Balaban J connectivity index is 1.34. The van der Waals surface area contributed by atoms with Gasteiger partial charge in [0.1, 0.15) is 24.2 Å². The maximum Gasteiger partial charge on any atom is 0.133 e. The van der Waals surface area contributed by atoms with Gasteiger partial charge in [-0.15, -0.1) is 0 Å². The number of aliphatic hydroxyl groups is 1. The van der Waals surface area contributed by atoms with Crippen molar-refractivity contribution in [1.82, 2.24) is 9.80 Å². The van der Waals surface area contributed by atoms with Crippen LogP contribution in [0.1, 0.15) is 11.9 Å². The number of benzene rings is 1. The van der Waals surface area contributed by atoms with Gasteiger partial charge in [-0.05, 0) is 24.3 Å². The van der Waals surface area contributed by atoms with Crippen LogP contribution in [0.3, 0.4) is 0 Å². The predicted molar refractivity (Wildman–Crippen MR) is 88.5 cm³/mol. The van der Waals surface area contributed by atoms with E-state index in [4.69, 9.17) is 9.15 Å². The molecule has 1 aliphatic rings. The number of rotatable bonds is 7. The lowest BCUT2D eigenvalue weighted by Gasteiger charge is -2.35. The van der Waals surface area contributed by atoms with E-state index in [0.717, 1.165) is 38.5 Å². The smallest absolute Gasteiger partial charge is 0.133 e. The second-order valence-corrected chi connectivity index (χ2v) is 5.83. The third-order valence-electron chi connectivity index (χ3n) is 4.19. The molecule has 1 aliphatic heterocycles. The Bertz CT molecular complexity index is 551. The van der Waals surface area contributed by atoms with Crippen LogP contribution in [0, 0.1) is 0 Å². The summed E-state index contributed by atoms with van der Waals surface area (Å²) in [4.78, 5) is 4.68. The van der Waals surface area contributed by atoms with E-state index in [0.29, 0.717) is 18.9 Å². The van der Waals surface area contributed by atoms with Crippen LogP contribution in [0.4, 0.5) is 0 Å². The maximum atomic E-state index is 10.1. The Hall–Kier alpha value is -1.82. The molecule has 1 aromatic carbocycles.